The Morgan fingerprint density at radius 1 is 1.25 bits per heavy atom. The standard InChI is InChI=1S/C14H22ClN5/c1-5-12-11(7-15)13(6-2)19(18-12)8-14-16-9-17-20(14)10(3)4/h9-10H,5-8H2,1-4H3. The van der Waals surface area contributed by atoms with Crippen molar-refractivity contribution in [2.24, 2.45) is 0 Å². The van der Waals surface area contributed by atoms with Gasteiger partial charge in [-0.05, 0) is 26.7 Å². The molecule has 0 saturated heterocycles. The van der Waals surface area contributed by atoms with E-state index in [0.29, 0.717) is 18.5 Å². The van der Waals surface area contributed by atoms with Gasteiger partial charge in [0.25, 0.3) is 0 Å². The molecule has 2 rings (SSSR count). The third-order valence-electron chi connectivity index (χ3n) is 3.48. The van der Waals surface area contributed by atoms with E-state index in [0.717, 1.165) is 24.4 Å². The normalized spacial score (nSPS) is 11.5. The van der Waals surface area contributed by atoms with Crippen molar-refractivity contribution >= 4 is 11.6 Å². The fourth-order valence-electron chi connectivity index (χ4n) is 2.51. The molecule has 0 unspecified atom stereocenters. The van der Waals surface area contributed by atoms with Crippen LogP contribution >= 0.6 is 11.6 Å². The van der Waals surface area contributed by atoms with Crippen molar-refractivity contribution in [1.82, 2.24) is 24.5 Å². The molecule has 2 heterocycles. The number of hydrogen-bond donors (Lipinski definition) is 0. The summed E-state index contributed by atoms with van der Waals surface area (Å²) in [5, 5.41) is 8.97. The smallest absolute Gasteiger partial charge is 0.148 e. The Morgan fingerprint density at radius 3 is 2.55 bits per heavy atom. The molecule has 6 heteroatoms. The highest BCUT2D eigenvalue weighted by Gasteiger charge is 2.17. The number of aryl methyl sites for hydroxylation is 1. The minimum absolute atomic E-state index is 0.297. The molecular weight excluding hydrogens is 274 g/mol. The molecule has 0 aromatic carbocycles. The Labute approximate surface area is 125 Å². The molecule has 0 amide bonds. The first kappa shape index (κ1) is 15.0. The number of alkyl halides is 1. The second kappa shape index (κ2) is 6.39. The fourth-order valence-corrected chi connectivity index (χ4v) is 2.81. The maximum absolute atomic E-state index is 6.09. The Hall–Kier alpha value is -1.36. The van der Waals surface area contributed by atoms with Gasteiger partial charge in [0.15, 0.2) is 0 Å². The predicted molar refractivity (Wildman–Crippen MR) is 80.0 cm³/mol. The first-order valence-corrected chi connectivity index (χ1v) is 7.67. The van der Waals surface area contributed by atoms with Gasteiger partial charge in [0.2, 0.25) is 0 Å². The van der Waals surface area contributed by atoms with E-state index < -0.39 is 0 Å². The van der Waals surface area contributed by atoms with Crippen LogP contribution in [-0.2, 0) is 25.3 Å². The molecule has 20 heavy (non-hydrogen) atoms. The Balaban J connectivity index is 2.38. The molecule has 2 aromatic rings. The van der Waals surface area contributed by atoms with Crippen LogP contribution in [0.2, 0.25) is 0 Å². The first-order valence-electron chi connectivity index (χ1n) is 7.14. The summed E-state index contributed by atoms with van der Waals surface area (Å²) >= 11 is 6.09. The largest absolute Gasteiger partial charge is 0.261 e. The lowest BCUT2D eigenvalue weighted by Gasteiger charge is -2.11. The average molecular weight is 296 g/mol. The van der Waals surface area contributed by atoms with Crippen LogP contribution in [0.4, 0.5) is 0 Å². The Morgan fingerprint density at radius 2 is 2.00 bits per heavy atom. The molecule has 0 aliphatic rings. The lowest BCUT2D eigenvalue weighted by Crippen LogP contribution is -2.14. The van der Waals surface area contributed by atoms with Gasteiger partial charge >= 0.3 is 0 Å². The van der Waals surface area contributed by atoms with Crippen LogP contribution in [-0.4, -0.2) is 24.5 Å². The van der Waals surface area contributed by atoms with Crippen LogP contribution in [0.3, 0.4) is 0 Å². The van der Waals surface area contributed by atoms with Crippen LogP contribution < -0.4 is 0 Å². The van der Waals surface area contributed by atoms with Crippen LogP contribution in [0.1, 0.15) is 56.5 Å². The van der Waals surface area contributed by atoms with Crippen molar-refractivity contribution < 1.29 is 0 Å². The monoisotopic (exact) mass is 295 g/mol. The van der Waals surface area contributed by atoms with Crippen LogP contribution in [0.15, 0.2) is 6.33 Å². The highest BCUT2D eigenvalue weighted by molar-refractivity contribution is 6.17. The highest BCUT2D eigenvalue weighted by Crippen LogP contribution is 2.19. The number of halogens is 1. The van der Waals surface area contributed by atoms with Gasteiger partial charge in [-0.15, -0.1) is 11.6 Å². The van der Waals surface area contributed by atoms with Crippen molar-refractivity contribution in [3.05, 3.63) is 29.1 Å². The zero-order chi connectivity index (χ0) is 14.7. The summed E-state index contributed by atoms with van der Waals surface area (Å²) in [5.74, 6) is 1.45. The molecule has 0 spiro atoms. The SMILES string of the molecule is CCc1nn(Cc2ncnn2C(C)C)c(CC)c1CCl. The lowest BCUT2D eigenvalue weighted by atomic mass is 10.1. The summed E-state index contributed by atoms with van der Waals surface area (Å²) in [4.78, 5) is 4.36. The third kappa shape index (κ3) is 2.73. The lowest BCUT2D eigenvalue weighted by molar-refractivity contribution is 0.483. The van der Waals surface area contributed by atoms with Gasteiger partial charge < -0.3 is 0 Å². The highest BCUT2D eigenvalue weighted by atomic mass is 35.5. The molecule has 110 valence electrons. The van der Waals surface area contributed by atoms with Crippen molar-refractivity contribution in [3.63, 3.8) is 0 Å². The van der Waals surface area contributed by atoms with E-state index in [4.69, 9.17) is 16.7 Å². The molecule has 0 atom stereocenters. The molecule has 0 aliphatic heterocycles. The number of rotatable bonds is 6. The summed E-state index contributed by atoms with van der Waals surface area (Å²) in [6.07, 6.45) is 3.43. The second-order valence-corrected chi connectivity index (χ2v) is 5.35. The van der Waals surface area contributed by atoms with Gasteiger partial charge in [-0.2, -0.15) is 10.2 Å². The third-order valence-corrected chi connectivity index (χ3v) is 3.75. The van der Waals surface area contributed by atoms with E-state index in [-0.39, 0.29) is 0 Å². The van der Waals surface area contributed by atoms with Crippen molar-refractivity contribution in [2.75, 3.05) is 0 Å². The van der Waals surface area contributed by atoms with Gasteiger partial charge in [0.05, 0.1) is 11.6 Å². The Bertz CT molecular complexity index is 570. The van der Waals surface area contributed by atoms with E-state index in [2.05, 4.69) is 37.8 Å². The summed E-state index contributed by atoms with van der Waals surface area (Å²) in [7, 11) is 0. The molecule has 0 N–H and O–H groups in total. The zero-order valence-electron chi connectivity index (χ0n) is 12.6. The van der Waals surface area contributed by atoms with Crippen molar-refractivity contribution in [1.29, 1.82) is 0 Å². The molecule has 0 fully saturated rings. The number of aromatic nitrogens is 5. The predicted octanol–water partition coefficient (Wildman–Crippen LogP) is 2.97. The first-order chi connectivity index (χ1) is 9.62. The summed E-state index contributed by atoms with van der Waals surface area (Å²) in [5.41, 5.74) is 3.47. The molecule has 0 radical (unpaired) electrons. The van der Waals surface area contributed by atoms with Crippen LogP contribution in [0.25, 0.3) is 0 Å². The zero-order valence-corrected chi connectivity index (χ0v) is 13.4. The molecule has 0 aliphatic carbocycles. The summed E-state index contributed by atoms with van der Waals surface area (Å²) < 4.78 is 3.96. The number of hydrogen-bond acceptors (Lipinski definition) is 3. The molecular formula is C14H22ClN5. The average Bonchev–Trinajstić information content (AvgIpc) is 3.02. The van der Waals surface area contributed by atoms with E-state index in [1.165, 1.54) is 11.3 Å². The van der Waals surface area contributed by atoms with Crippen molar-refractivity contribution in [3.8, 4) is 0 Å². The van der Waals surface area contributed by atoms with E-state index in [1.807, 2.05) is 9.36 Å². The molecule has 0 bridgehead atoms. The molecule has 0 saturated carbocycles. The van der Waals surface area contributed by atoms with E-state index >= 15 is 0 Å². The molecule has 2 aromatic heterocycles. The maximum Gasteiger partial charge on any atom is 0.148 e. The summed E-state index contributed by atoms with van der Waals surface area (Å²) in [6.45, 7) is 9.09. The van der Waals surface area contributed by atoms with Crippen LogP contribution in [0, 0.1) is 0 Å². The fraction of sp³-hybridized carbons (Fsp3) is 0.643. The van der Waals surface area contributed by atoms with Gasteiger partial charge in [0.1, 0.15) is 18.7 Å². The molecule has 5 nitrogen and oxygen atoms in total. The van der Waals surface area contributed by atoms with Gasteiger partial charge in [-0.25, -0.2) is 9.67 Å². The van der Waals surface area contributed by atoms with E-state index in [9.17, 15) is 0 Å². The minimum Gasteiger partial charge on any atom is -0.261 e. The second-order valence-electron chi connectivity index (χ2n) is 5.08. The summed E-state index contributed by atoms with van der Waals surface area (Å²) in [6, 6.07) is 0.297. The van der Waals surface area contributed by atoms with Crippen molar-refractivity contribution in [2.45, 2.75) is 59.0 Å². The quantitative estimate of drug-likeness (QED) is 0.770. The maximum atomic E-state index is 6.09. The van der Waals surface area contributed by atoms with Gasteiger partial charge in [0, 0.05) is 17.3 Å². The van der Waals surface area contributed by atoms with Gasteiger partial charge in [-0.3, -0.25) is 4.68 Å². The van der Waals surface area contributed by atoms with Gasteiger partial charge in [-0.1, -0.05) is 13.8 Å². The Kier molecular flexibility index (Phi) is 4.81. The van der Waals surface area contributed by atoms with Crippen LogP contribution in [0.5, 0.6) is 0 Å². The topological polar surface area (TPSA) is 48.5 Å². The number of nitrogens with zero attached hydrogens (tertiary/aromatic N) is 5. The minimum atomic E-state index is 0.297. The van der Waals surface area contributed by atoms with E-state index in [1.54, 1.807) is 6.33 Å².